The van der Waals surface area contributed by atoms with Gasteiger partial charge in [-0.25, -0.2) is 8.42 Å². The number of hydrogen-bond acceptors (Lipinski definition) is 4. The van der Waals surface area contributed by atoms with Crippen LogP contribution in [0.3, 0.4) is 0 Å². The molecule has 5 nitrogen and oxygen atoms in total. The zero-order valence-electron chi connectivity index (χ0n) is 10.2. The van der Waals surface area contributed by atoms with Crippen LogP contribution in [0, 0.1) is 11.3 Å². The average Bonchev–Trinajstić information content (AvgIpc) is 2.87. The number of nitriles is 1. The van der Waals surface area contributed by atoms with Crippen LogP contribution in [0.2, 0.25) is 5.02 Å². The van der Waals surface area contributed by atoms with E-state index >= 15 is 0 Å². The van der Waals surface area contributed by atoms with Crippen molar-refractivity contribution in [2.24, 2.45) is 5.73 Å². The molecule has 0 bridgehead atoms. The predicted molar refractivity (Wildman–Crippen MR) is 72.1 cm³/mol. The lowest BCUT2D eigenvalue weighted by molar-refractivity contribution is 0.393. The van der Waals surface area contributed by atoms with Crippen molar-refractivity contribution in [2.45, 2.75) is 23.8 Å². The third-order valence-electron chi connectivity index (χ3n) is 3.26. The van der Waals surface area contributed by atoms with Crippen LogP contribution in [0.5, 0.6) is 0 Å². The van der Waals surface area contributed by atoms with E-state index in [0.717, 1.165) is 12.8 Å². The first-order valence-electron chi connectivity index (χ1n) is 5.92. The summed E-state index contributed by atoms with van der Waals surface area (Å²) in [4.78, 5) is 0.108. The number of nitrogens with zero attached hydrogens (tertiary/aromatic N) is 2. The van der Waals surface area contributed by atoms with Gasteiger partial charge < -0.3 is 5.73 Å². The minimum absolute atomic E-state index is 0.108. The zero-order chi connectivity index (χ0) is 14.0. The summed E-state index contributed by atoms with van der Waals surface area (Å²) in [6.07, 6.45) is 1.59. The van der Waals surface area contributed by atoms with Gasteiger partial charge in [-0.2, -0.15) is 9.57 Å². The first-order valence-corrected chi connectivity index (χ1v) is 7.74. The molecule has 102 valence electrons. The van der Waals surface area contributed by atoms with Gasteiger partial charge in [-0.3, -0.25) is 0 Å². The summed E-state index contributed by atoms with van der Waals surface area (Å²) in [7, 11) is -3.59. The summed E-state index contributed by atoms with van der Waals surface area (Å²) in [6.45, 7) is 0.783. The summed E-state index contributed by atoms with van der Waals surface area (Å²) in [5, 5.41) is 8.94. The Kier molecular flexibility index (Phi) is 4.11. The second-order valence-electron chi connectivity index (χ2n) is 4.40. The quantitative estimate of drug-likeness (QED) is 0.912. The molecule has 19 heavy (non-hydrogen) atoms. The van der Waals surface area contributed by atoms with Gasteiger partial charge in [0, 0.05) is 19.1 Å². The lowest BCUT2D eigenvalue weighted by atomic mass is 10.2. The first-order chi connectivity index (χ1) is 9.00. The lowest BCUT2D eigenvalue weighted by Crippen LogP contribution is -2.39. The van der Waals surface area contributed by atoms with Crippen molar-refractivity contribution in [2.75, 3.05) is 13.1 Å². The first kappa shape index (κ1) is 14.3. The Balaban J connectivity index is 2.40. The Morgan fingerprint density at radius 3 is 2.84 bits per heavy atom. The Labute approximate surface area is 117 Å². The standard InChI is InChI=1S/C12H14ClN3O2S/c13-12-6-11(4-3-9(12)7-14)19(17,18)16-5-1-2-10(16)8-15/h3-4,6,10H,1-2,5,8,15H2/t10-/m0/s1. The fraction of sp³-hybridized carbons (Fsp3) is 0.417. The molecule has 0 aromatic heterocycles. The largest absolute Gasteiger partial charge is 0.329 e. The minimum Gasteiger partial charge on any atom is -0.329 e. The zero-order valence-corrected chi connectivity index (χ0v) is 11.8. The van der Waals surface area contributed by atoms with Crippen LogP contribution < -0.4 is 5.73 Å². The maximum absolute atomic E-state index is 12.5. The second-order valence-corrected chi connectivity index (χ2v) is 6.70. The minimum atomic E-state index is -3.59. The van der Waals surface area contributed by atoms with Gasteiger partial charge in [0.25, 0.3) is 0 Å². The molecular weight excluding hydrogens is 286 g/mol. The smallest absolute Gasteiger partial charge is 0.243 e. The molecule has 2 rings (SSSR count). The molecule has 0 amide bonds. The summed E-state index contributed by atoms with van der Waals surface area (Å²) in [6, 6.07) is 5.90. The van der Waals surface area contributed by atoms with E-state index in [2.05, 4.69) is 0 Å². The molecular formula is C12H14ClN3O2S. The van der Waals surface area contributed by atoms with Crippen LogP contribution in [-0.2, 0) is 10.0 Å². The summed E-state index contributed by atoms with van der Waals surface area (Å²) in [5.41, 5.74) is 5.86. The van der Waals surface area contributed by atoms with E-state index < -0.39 is 10.0 Å². The van der Waals surface area contributed by atoms with Crippen LogP contribution in [0.25, 0.3) is 0 Å². The Bertz CT molecular complexity index is 624. The van der Waals surface area contributed by atoms with Crippen LogP contribution >= 0.6 is 11.6 Å². The van der Waals surface area contributed by atoms with Crippen LogP contribution in [-0.4, -0.2) is 31.9 Å². The number of sulfonamides is 1. The van der Waals surface area contributed by atoms with Crippen LogP contribution in [0.15, 0.2) is 23.1 Å². The maximum atomic E-state index is 12.5. The van der Waals surface area contributed by atoms with Gasteiger partial charge in [0.05, 0.1) is 15.5 Å². The number of hydrogen-bond donors (Lipinski definition) is 1. The molecule has 0 radical (unpaired) electrons. The average molecular weight is 300 g/mol. The second kappa shape index (κ2) is 5.47. The molecule has 1 aromatic carbocycles. The number of rotatable bonds is 3. The molecule has 0 spiro atoms. The van der Waals surface area contributed by atoms with Crippen molar-refractivity contribution in [3.05, 3.63) is 28.8 Å². The predicted octanol–water partition coefficient (Wildman–Crippen LogP) is 1.32. The molecule has 1 heterocycles. The topological polar surface area (TPSA) is 87.2 Å². The van der Waals surface area contributed by atoms with Gasteiger partial charge in [0.15, 0.2) is 0 Å². The van der Waals surface area contributed by atoms with E-state index in [1.54, 1.807) is 0 Å². The summed E-state index contributed by atoms with van der Waals surface area (Å²) in [5.74, 6) is 0. The van der Waals surface area contributed by atoms with Gasteiger partial charge in [0.2, 0.25) is 10.0 Å². The van der Waals surface area contributed by atoms with E-state index in [0.29, 0.717) is 13.1 Å². The fourth-order valence-electron chi connectivity index (χ4n) is 2.24. The maximum Gasteiger partial charge on any atom is 0.243 e. The van der Waals surface area contributed by atoms with Gasteiger partial charge in [-0.15, -0.1) is 0 Å². The summed E-state index contributed by atoms with van der Waals surface area (Å²) >= 11 is 5.88. The highest BCUT2D eigenvalue weighted by molar-refractivity contribution is 7.89. The highest BCUT2D eigenvalue weighted by atomic mass is 35.5. The molecule has 1 aliphatic rings. The molecule has 0 aliphatic carbocycles. The molecule has 1 atom stereocenters. The Morgan fingerprint density at radius 1 is 1.53 bits per heavy atom. The normalized spacial score (nSPS) is 20.4. The van der Waals surface area contributed by atoms with Crippen molar-refractivity contribution in [3.8, 4) is 6.07 Å². The SMILES string of the molecule is N#Cc1ccc(S(=O)(=O)N2CCC[C@H]2CN)cc1Cl. The van der Waals surface area contributed by atoms with Gasteiger partial charge in [0.1, 0.15) is 6.07 Å². The number of nitrogens with two attached hydrogens (primary N) is 1. The van der Waals surface area contributed by atoms with Crippen molar-refractivity contribution in [3.63, 3.8) is 0 Å². The van der Waals surface area contributed by atoms with Crippen molar-refractivity contribution >= 4 is 21.6 Å². The van der Waals surface area contributed by atoms with Crippen LogP contribution in [0.1, 0.15) is 18.4 Å². The molecule has 2 N–H and O–H groups in total. The highest BCUT2D eigenvalue weighted by Crippen LogP contribution is 2.28. The fourth-order valence-corrected chi connectivity index (χ4v) is 4.26. The highest BCUT2D eigenvalue weighted by Gasteiger charge is 2.34. The summed E-state index contributed by atoms with van der Waals surface area (Å²) < 4.78 is 26.4. The molecule has 1 fully saturated rings. The van der Waals surface area contributed by atoms with Crippen molar-refractivity contribution in [1.29, 1.82) is 5.26 Å². The van der Waals surface area contributed by atoms with Crippen molar-refractivity contribution < 1.29 is 8.42 Å². The molecule has 7 heteroatoms. The third kappa shape index (κ3) is 2.60. The van der Waals surface area contributed by atoms with E-state index in [9.17, 15) is 8.42 Å². The lowest BCUT2D eigenvalue weighted by Gasteiger charge is -2.22. The van der Waals surface area contributed by atoms with Gasteiger partial charge in [-0.1, -0.05) is 11.6 Å². The Morgan fingerprint density at radius 2 is 2.26 bits per heavy atom. The monoisotopic (exact) mass is 299 g/mol. The van der Waals surface area contributed by atoms with E-state index in [-0.39, 0.29) is 21.5 Å². The van der Waals surface area contributed by atoms with E-state index in [1.807, 2.05) is 6.07 Å². The molecule has 1 aromatic rings. The molecule has 1 aliphatic heterocycles. The van der Waals surface area contributed by atoms with E-state index in [4.69, 9.17) is 22.6 Å². The van der Waals surface area contributed by atoms with Gasteiger partial charge in [-0.05, 0) is 31.0 Å². The van der Waals surface area contributed by atoms with Crippen molar-refractivity contribution in [1.82, 2.24) is 4.31 Å². The van der Waals surface area contributed by atoms with Gasteiger partial charge >= 0.3 is 0 Å². The number of benzene rings is 1. The van der Waals surface area contributed by atoms with E-state index in [1.165, 1.54) is 22.5 Å². The molecule has 0 unspecified atom stereocenters. The molecule has 1 saturated heterocycles. The Hall–Kier alpha value is -1.13. The molecule has 0 saturated carbocycles. The number of halogens is 1. The third-order valence-corrected chi connectivity index (χ3v) is 5.52. The van der Waals surface area contributed by atoms with Crippen LogP contribution in [0.4, 0.5) is 0 Å².